The topological polar surface area (TPSA) is 41.0 Å². The van der Waals surface area contributed by atoms with Gasteiger partial charge in [0.05, 0.1) is 0 Å². The van der Waals surface area contributed by atoms with E-state index in [1.807, 2.05) is 0 Å². The van der Waals surface area contributed by atoms with Crippen LogP contribution in [0.4, 0.5) is 5.13 Å². The first-order valence-electron chi connectivity index (χ1n) is 8.39. The monoisotopic (exact) mass is 310 g/mol. The van der Waals surface area contributed by atoms with E-state index in [1.165, 1.54) is 38.9 Å². The van der Waals surface area contributed by atoms with Gasteiger partial charge in [-0.25, -0.2) is 0 Å². The van der Waals surface area contributed by atoms with Crippen LogP contribution < -0.4 is 5.32 Å². The number of rotatable bonds is 7. The van der Waals surface area contributed by atoms with Crippen LogP contribution >= 0.6 is 11.3 Å². The van der Waals surface area contributed by atoms with Crippen LogP contribution in [0.5, 0.6) is 0 Å². The van der Waals surface area contributed by atoms with E-state index in [9.17, 15) is 0 Å². The SMILES string of the molecule is CCCN1CCC(C(C)Nc2nnc(CC(C)C)s2)CC1. The fourth-order valence-electron chi connectivity index (χ4n) is 3.05. The van der Waals surface area contributed by atoms with Crippen molar-refractivity contribution in [1.29, 1.82) is 0 Å². The van der Waals surface area contributed by atoms with Gasteiger partial charge in [0.1, 0.15) is 5.01 Å². The first-order chi connectivity index (χ1) is 10.1. The number of hydrogen-bond acceptors (Lipinski definition) is 5. The molecule has 1 aromatic heterocycles. The fraction of sp³-hybridized carbons (Fsp3) is 0.875. The van der Waals surface area contributed by atoms with Gasteiger partial charge in [0.2, 0.25) is 5.13 Å². The van der Waals surface area contributed by atoms with Crippen molar-refractivity contribution in [3.05, 3.63) is 5.01 Å². The molecule has 1 unspecified atom stereocenters. The Morgan fingerprint density at radius 1 is 1.24 bits per heavy atom. The lowest BCUT2D eigenvalue weighted by atomic mass is 9.90. The quantitative estimate of drug-likeness (QED) is 0.834. The standard InChI is InChI=1S/C16H30N4S/c1-5-8-20-9-6-14(7-10-20)13(4)17-16-19-18-15(21-16)11-12(2)3/h12-14H,5-11H2,1-4H3,(H,17,19). The highest BCUT2D eigenvalue weighted by atomic mass is 32.1. The molecule has 1 saturated heterocycles. The number of aromatic nitrogens is 2. The second-order valence-electron chi connectivity index (χ2n) is 6.71. The maximum atomic E-state index is 4.30. The molecular weight excluding hydrogens is 280 g/mol. The Morgan fingerprint density at radius 2 is 1.95 bits per heavy atom. The van der Waals surface area contributed by atoms with Crippen LogP contribution in [0.2, 0.25) is 0 Å². The van der Waals surface area contributed by atoms with Crippen LogP contribution in [-0.2, 0) is 6.42 Å². The predicted octanol–water partition coefficient (Wildman–Crippen LogP) is 3.66. The number of hydrogen-bond donors (Lipinski definition) is 1. The van der Waals surface area contributed by atoms with E-state index in [4.69, 9.17) is 0 Å². The molecule has 0 aromatic carbocycles. The van der Waals surface area contributed by atoms with Gasteiger partial charge in [0.15, 0.2) is 0 Å². The van der Waals surface area contributed by atoms with Crippen LogP contribution in [-0.4, -0.2) is 40.8 Å². The lowest BCUT2D eigenvalue weighted by Crippen LogP contribution is -2.39. The van der Waals surface area contributed by atoms with E-state index in [1.54, 1.807) is 11.3 Å². The molecule has 1 atom stereocenters. The molecule has 120 valence electrons. The van der Waals surface area contributed by atoms with E-state index in [-0.39, 0.29) is 0 Å². The van der Waals surface area contributed by atoms with Crippen molar-refractivity contribution in [2.24, 2.45) is 11.8 Å². The molecule has 2 heterocycles. The molecule has 1 aliphatic heterocycles. The minimum atomic E-state index is 0.494. The summed E-state index contributed by atoms with van der Waals surface area (Å²) in [7, 11) is 0. The first-order valence-corrected chi connectivity index (χ1v) is 9.21. The van der Waals surface area contributed by atoms with E-state index < -0.39 is 0 Å². The summed E-state index contributed by atoms with van der Waals surface area (Å²) in [6.07, 6.45) is 4.89. The summed E-state index contributed by atoms with van der Waals surface area (Å²) >= 11 is 1.72. The van der Waals surface area contributed by atoms with Gasteiger partial charge in [0, 0.05) is 12.5 Å². The number of piperidine rings is 1. The van der Waals surface area contributed by atoms with Gasteiger partial charge in [-0.05, 0) is 57.7 Å². The Labute approximate surface area is 133 Å². The van der Waals surface area contributed by atoms with Crippen LogP contribution in [0.15, 0.2) is 0 Å². The van der Waals surface area contributed by atoms with Crippen molar-refractivity contribution >= 4 is 16.5 Å². The van der Waals surface area contributed by atoms with Crippen LogP contribution in [0.3, 0.4) is 0 Å². The molecule has 1 aromatic rings. The third-order valence-corrected chi connectivity index (χ3v) is 5.16. The largest absolute Gasteiger partial charge is 0.357 e. The van der Waals surface area contributed by atoms with E-state index in [2.05, 4.69) is 48.1 Å². The zero-order valence-electron chi connectivity index (χ0n) is 13.9. The summed E-state index contributed by atoms with van der Waals surface area (Å²) < 4.78 is 0. The van der Waals surface area contributed by atoms with Gasteiger partial charge in [0.25, 0.3) is 0 Å². The average molecular weight is 311 g/mol. The van der Waals surface area contributed by atoms with Gasteiger partial charge >= 0.3 is 0 Å². The molecule has 0 radical (unpaired) electrons. The molecule has 0 saturated carbocycles. The Hall–Kier alpha value is -0.680. The van der Waals surface area contributed by atoms with Crippen LogP contribution in [0, 0.1) is 11.8 Å². The Bertz CT molecular complexity index is 410. The molecule has 4 nitrogen and oxygen atoms in total. The minimum Gasteiger partial charge on any atom is -0.357 e. The fourth-order valence-corrected chi connectivity index (χ4v) is 4.10. The highest BCUT2D eigenvalue weighted by molar-refractivity contribution is 7.15. The molecule has 0 spiro atoms. The Kier molecular flexibility index (Phi) is 6.42. The molecule has 21 heavy (non-hydrogen) atoms. The lowest BCUT2D eigenvalue weighted by Gasteiger charge is -2.34. The maximum absolute atomic E-state index is 4.30. The molecule has 0 amide bonds. The van der Waals surface area contributed by atoms with Crippen LogP contribution in [0.25, 0.3) is 0 Å². The summed E-state index contributed by atoms with van der Waals surface area (Å²) in [4.78, 5) is 2.59. The number of likely N-dealkylation sites (tertiary alicyclic amines) is 1. The summed E-state index contributed by atoms with van der Waals surface area (Å²) in [5.74, 6) is 1.40. The van der Waals surface area contributed by atoms with E-state index >= 15 is 0 Å². The lowest BCUT2D eigenvalue weighted by molar-refractivity contribution is 0.176. The van der Waals surface area contributed by atoms with Gasteiger partial charge in [-0.2, -0.15) is 0 Å². The third kappa shape index (κ3) is 5.22. The van der Waals surface area contributed by atoms with Crippen molar-refractivity contribution < 1.29 is 0 Å². The molecule has 2 rings (SSSR count). The number of anilines is 1. The molecule has 0 aliphatic carbocycles. The van der Waals surface area contributed by atoms with Gasteiger partial charge in [-0.3, -0.25) is 0 Å². The summed E-state index contributed by atoms with van der Waals surface area (Å²) in [6, 6.07) is 0.494. The van der Waals surface area contributed by atoms with Crippen molar-refractivity contribution in [1.82, 2.24) is 15.1 Å². The van der Waals surface area contributed by atoms with Crippen molar-refractivity contribution in [3.63, 3.8) is 0 Å². The first kappa shape index (κ1) is 16.7. The van der Waals surface area contributed by atoms with Gasteiger partial charge < -0.3 is 10.2 Å². The van der Waals surface area contributed by atoms with Crippen molar-refractivity contribution in [3.8, 4) is 0 Å². The minimum absolute atomic E-state index is 0.494. The Morgan fingerprint density at radius 3 is 2.57 bits per heavy atom. The van der Waals surface area contributed by atoms with Gasteiger partial charge in [-0.15, -0.1) is 10.2 Å². The Balaban J connectivity index is 1.79. The zero-order chi connectivity index (χ0) is 15.2. The number of nitrogens with zero attached hydrogens (tertiary/aromatic N) is 3. The predicted molar refractivity (Wildman–Crippen MR) is 91.0 cm³/mol. The van der Waals surface area contributed by atoms with Crippen LogP contribution in [0.1, 0.15) is 52.0 Å². The second-order valence-corrected chi connectivity index (χ2v) is 7.77. The summed E-state index contributed by atoms with van der Waals surface area (Å²) in [5, 5.41) is 14.3. The molecular formula is C16H30N4S. The molecule has 1 fully saturated rings. The molecule has 0 bridgehead atoms. The second kappa shape index (κ2) is 8.08. The van der Waals surface area contributed by atoms with E-state index in [0.717, 1.165) is 22.5 Å². The van der Waals surface area contributed by atoms with Crippen molar-refractivity contribution in [2.45, 2.75) is 59.4 Å². The number of nitrogens with one attached hydrogen (secondary N) is 1. The van der Waals surface area contributed by atoms with Gasteiger partial charge in [-0.1, -0.05) is 32.1 Å². The highest BCUT2D eigenvalue weighted by Crippen LogP contribution is 2.25. The summed E-state index contributed by atoms with van der Waals surface area (Å²) in [5.41, 5.74) is 0. The van der Waals surface area contributed by atoms with Crippen molar-refractivity contribution in [2.75, 3.05) is 25.0 Å². The normalized spacial score (nSPS) is 19.1. The third-order valence-electron chi connectivity index (χ3n) is 4.28. The maximum Gasteiger partial charge on any atom is 0.205 e. The highest BCUT2D eigenvalue weighted by Gasteiger charge is 2.24. The molecule has 5 heteroatoms. The molecule has 1 aliphatic rings. The molecule has 1 N–H and O–H groups in total. The van der Waals surface area contributed by atoms with E-state index in [0.29, 0.717) is 12.0 Å². The summed E-state index contributed by atoms with van der Waals surface area (Å²) in [6.45, 7) is 12.8. The zero-order valence-corrected chi connectivity index (χ0v) is 14.7. The smallest absolute Gasteiger partial charge is 0.205 e. The average Bonchev–Trinajstić information content (AvgIpc) is 2.86.